The lowest BCUT2D eigenvalue weighted by Crippen LogP contribution is -2.27. The normalized spacial score (nSPS) is 18.5. The number of rotatable bonds is 5. The van der Waals surface area contributed by atoms with E-state index < -0.39 is 12.0 Å². The van der Waals surface area contributed by atoms with Crippen molar-refractivity contribution in [3.63, 3.8) is 0 Å². The topological polar surface area (TPSA) is 47.9 Å². The molecule has 0 N–H and O–H groups in total. The molecule has 0 aromatic heterocycles. The van der Waals surface area contributed by atoms with E-state index in [1.807, 2.05) is 84.9 Å². The Bertz CT molecular complexity index is 950. The zero-order valence-corrected chi connectivity index (χ0v) is 14.9. The fraction of sp³-hybridized carbons (Fsp3) is 0.130. The van der Waals surface area contributed by atoms with Crippen LogP contribution in [0.1, 0.15) is 27.6 Å². The number of hydrogen-bond donors (Lipinski definition) is 0. The molecule has 1 heterocycles. The van der Waals surface area contributed by atoms with Crippen molar-refractivity contribution < 1.29 is 14.4 Å². The Morgan fingerprint density at radius 3 is 2.15 bits per heavy atom. The molecule has 0 fully saturated rings. The van der Waals surface area contributed by atoms with Crippen LogP contribution in [0, 0.1) is 5.92 Å². The molecular formula is C23H19NO3. The Kier molecular flexibility index (Phi) is 4.71. The van der Waals surface area contributed by atoms with Gasteiger partial charge in [-0.1, -0.05) is 65.8 Å². The van der Waals surface area contributed by atoms with Gasteiger partial charge in [-0.15, -0.1) is 0 Å². The highest BCUT2D eigenvalue weighted by Gasteiger charge is 2.41. The summed E-state index contributed by atoms with van der Waals surface area (Å²) in [6.07, 6.45) is -0.448. The number of nitrogens with zero attached hydrogens (tertiary/aromatic N) is 1. The molecule has 0 amide bonds. The number of hydrogen-bond acceptors (Lipinski definition) is 4. The number of carbonyl (C=O) groups is 1. The van der Waals surface area contributed by atoms with E-state index in [0.717, 1.165) is 16.9 Å². The second-order valence-electron chi connectivity index (χ2n) is 6.35. The molecule has 1 aliphatic heterocycles. The zero-order valence-electron chi connectivity index (χ0n) is 14.9. The maximum atomic E-state index is 13.4. The summed E-state index contributed by atoms with van der Waals surface area (Å²) < 4.78 is 5.23. The van der Waals surface area contributed by atoms with E-state index in [-0.39, 0.29) is 5.78 Å². The summed E-state index contributed by atoms with van der Waals surface area (Å²) in [7, 11) is 1.62. The molecule has 134 valence electrons. The summed E-state index contributed by atoms with van der Waals surface area (Å²) in [6, 6.07) is 26.5. The fourth-order valence-corrected chi connectivity index (χ4v) is 3.31. The van der Waals surface area contributed by atoms with Gasteiger partial charge in [0.15, 0.2) is 11.9 Å². The molecule has 4 nitrogen and oxygen atoms in total. The summed E-state index contributed by atoms with van der Waals surface area (Å²) in [4.78, 5) is 19.1. The largest absolute Gasteiger partial charge is 0.497 e. The number of ketones is 1. The predicted octanol–water partition coefficient (Wildman–Crippen LogP) is 4.67. The van der Waals surface area contributed by atoms with Crippen molar-refractivity contribution in [1.82, 2.24) is 0 Å². The van der Waals surface area contributed by atoms with Gasteiger partial charge >= 0.3 is 0 Å². The van der Waals surface area contributed by atoms with Gasteiger partial charge < -0.3 is 9.57 Å². The second kappa shape index (κ2) is 7.46. The first kappa shape index (κ1) is 17.0. The Morgan fingerprint density at radius 1 is 0.889 bits per heavy atom. The van der Waals surface area contributed by atoms with Crippen molar-refractivity contribution in [2.75, 3.05) is 7.11 Å². The Hall–Kier alpha value is -3.40. The SMILES string of the molecule is COc1ccc(C2=NO[C@@H](c3ccccc3)[C@H]2C(=O)c2ccccc2)cc1. The van der Waals surface area contributed by atoms with E-state index in [0.29, 0.717) is 11.3 Å². The van der Waals surface area contributed by atoms with Crippen LogP contribution in [0.3, 0.4) is 0 Å². The van der Waals surface area contributed by atoms with Gasteiger partial charge in [0.25, 0.3) is 0 Å². The molecule has 27 heavy (non-hydrogen) atoms. The molecule has 0 aliphatic carbocycles. The Morgan fingerprint density at radius 2 is 1.52 bits per heavy atom. The minimum absolute atomic E-state index is 0.00322. The lowest BCUT2D eigenvalue weighted by molar-refractivity contribution is 0.0533. The van der Waals surface area contributed by atoms with E-state index in [9.17, 15) is 4.79 Å². The molecule has 0 saturated heterocycles. The van der Waals surface area contributed by atoms with Crippen molar-refractivity contribution in [1.29, 1.82) is 0 Å². The van der Waals surface area contributed by atoms with E-state index in [1.54, 1.807) is 7.11 Å². The average molecular weight is 357 g/mol. The van der Waals surface area contributed by atoms with Crippen LogP contribution in [0.4, 0.5) is 0 Å². The van der Waals surface area contributed by atoms with Gasteiger partial charge in [-0.05, 0) is 29.8 Å². The third-order valence-corrected chi connectivity index (χ3v) is 4.72. The van der Waals surface area contributed by atoms with Crippen molar-refractivity contribution in [2.24, 2.45) is 11.1 Å². The number of Topliss-reactive ketones (excluding diaryl/α,β-unsaturated/α-hetero) is 1. The van der Waals surface area contributed by atoms with Crippen LogP contribution in [-0.2, 0) is 4.84 Å². The first-order valence-corrected chi connectivity index (χ1v) is 8.80. The molecule has 2 atom stereocenters. The minimum Gasteiger partial charge on any atom is -0.497 e. The van der Waals surface area contributed by atoms with Crippen LogP contribution in [0.5, 0.6) is 5.75 Å². The maximum absolute atomic E-state index is 13.4. The van der Waals surface area contributed by atoms with Crippen LogP contribution >= 0.6 is 0 Å². The molecule has 1 aliphatic rings. The molecule has 4 rings (SSSR count). The molecule has 4 heteroatoms. The third-order valence-electron chi connectivity index (χ3n) is 4.72. The van der Waals surface area contributed by atoms with Crippen molar-refractivity contribution in [3.05, 3.63) is 102 Å². The quantitative estimate of drug-likeness (QED) is 0.624. The number of benzene rings is 3. The highest BCUT2D eigenvalue weighted by atomic mass is 16.6. The summed E-state index contributed by atoms with van der Waals surface area (Å²) >= 11 is 0. The standard InChI is InChI=1S/C23H19NO3/c1-26-19-14-12-16(13-15-19)21-20(22(25)17-8-4-2-5-9-17)23(27-24-21)18-10-6-3-7-11-18/h2-15,20,23H,1H3/t20-,23+/m1/s1. The maximum Gasteiger partial charge on any atom is 0.176 e. The van der Waals surface area contributed by atoms with E-state index in [4.69, 9.17) is 9.57 Å². The number of ether oxygens (including phenoxy) is 1. The molecule has 0 saturated carbocycles. The van der Waals surface area contributed by atoms with Gasteiger partial charge in [0.05, 0.1) is 7.11 Å². The van der Waals surface area contributed by atoms with Crippen molar-refractivity contribution >= 4 is 11.5 Å². The summed E-state index contributed by atoms with van der Waals surface area (Å²) in [5, 5.41) is 4.30. The Labute approximate surface area is 158 Å². The molecule has 0 spiro atoms. The van der Waals surface area contributed by atoms with Gasteiger partial charge in [-0.2, -0.15) is 0 Å². The smallest absolute Gasteiger partial charge is 0.176 e. The van der Waals surface area contributed by atoms with Crippen LogP contribution in [0.15, 0.2) is 90.1 Å². The third kappa shape index (κ3) is 3.34. The summed E-state index contributed by atoms with van der Waals surface area (Å²) in [5.74, 6) is 0.239. The molecule has 3 aromatic carbocycles. The highest BCUT2D eigenvalue weighted by Crippen LogP contribution is 2.37. The van der Waals surface area contributed by atoms with Gasteiger partial charge in [0.1, 0.15) is 17.4 Å². The molecule has 0 bridgehead atoms. The lowest BCUT2D eigenvalue weighted by atomic mass is 9.83. The van der Waals surface area contributed by atoms with Gasteiger partial charge in [0.2, 0.25) is 0 Å². The first-order chi connectivity index (χ1) is 13.3. The number of oxime groups is 1. The minimum atomic E-state index is -0.511. The number of carbonyl (C=O) groups excluding carboxylic acids is 1. The van der Waals surface area contributed by atoms with Gasteiger partial charge in [-0.3, -0.25) is 4.79 Å². The Balaban J connectivity index is 1.74. The van der Waals surface area contributed by atoms with Crippen LogP contribution < -0.4 is 4.74 Å². The first-order valence-electron chi connectivity index (χ1n) is 8.80. The van der Waals surface area contributed by atoms with Gasteiger partial charge in [-0.25, -0.2) is 0 Å². The number of methoxy groups -OCH3 is 1. The summed E-state index contributed by atoms with van der Waals surface area (Å²) in [5.41, 5.74) is 3.07. The van der Waals surface area contributed by atoms with Crippen LogP contribution in [-0.4, -0.2) is 18.6 Å². The molecular weight excluding hydrogens is 338 g/mol. The lowest BCUT2D eigenvalue weighted by Gasteiger charge is -2.18. The van der Waals surface area contributed by atoms with Crippen molar-refractivity contribution in [2.45, 2.75) is 6.10 Å². The van der Waals surface area contributed by atoms with E-state index >= 15 is 0 Å². The zero-order chi connectivity index (χ0) is 18.6. The molecule has 3 aromatic rings. The monoisotopic (exact) mass is 357 g/mol. The molecule has 0 unspecified atom stereocenters. The fourth-order valence-electron chi connectivity index (χ4n) is 3.31. The van der Waals surface area contributed by atoms with Crippen LogP contribution in [0.2, 0.25) is 0 Å². The van der Waals surface area contributed by atoms with Gasteiger partial charge in [0, 0.05) is 11.1 Å². The van der Waals surface area contributed by atoms with E-state index in [2.05, 4.69) is 5.16 Å². The predicted molar refractivity (Wildman–Crippen MR) is 104 cm³/mol. The summed E-state index contributed by atoms with van der Waals surface area (Å²) in [6.45, 7) is 0. The van der Waals surface area contributed by atoms with Crippen LogP contribution in [0.25, 0.3) is 0 Å². The second-order valence-corrected chi connectivity index (χ2v) is 6.35. The molecule has 0 radical (unpaired) electrons. The van der Waals surface area contributed by atoms with E-state index in [1.165, 1.54) is 0 Å². The van der Waals surface area contributed by atoms with Crippen molar-refractivity contribution in [3.8, 4) is 5.75 Å². The highest BCUT2D eigenvalue weighted by molar-refractivity contribution is 6.19. The average Bonchev–Trinajstić information content (AvgIpc) is 3.19.